The number of methoxy groups -OCH3 is 1. The van der Waals surface area contributed by atoms with Crippen molar-refractivity contribution in [3.8, 4) is 5.75 Å². The van der Waals surface area contributed by atoms with Crippen molar-refractivity contribution in [2.45, 2.75) is 13.8 Å². The molecule has 2 N–H and O–H groups in total. The molecule has 0 aliphatic heterocycles. The monoisotopic (exact) mass is 235 g/mol. The van der Waals surface area contributed by atoms with Gasteiger partial charge >= 0.3 is 5.97 Å². The Hall–Kier alpha value is -1.97. The van der Waals surface area contributed by atoms with Crippen molar-refractivity contribution in [3.63, 3.8) is 0 Å². The van der Waals surface area contributed by atoms with Crippen LogP contribution >= 0.6 is 0 Å². The van der Waals surface area contributed by atoms with Crippen LogP contribution in [0, 0.1) is 6.92 Å². The first kappa shape index (κ1) is 13.1. The average molecular weight is 235 g/mol. The highest BCUT2D eigenvalue weighted by molar-refractivity contribution is 5.85. The lowest BCUT2D eigenvalue weighted by Gasteiger charge is -2.09. The molecule has 0 atom stereocenters. The Bertz CT molecular complexity index is 438. The van der Waals surface area contributed by atoms with E-state index in [0.717, 1.165) is 17.0 Å². The summed E-state index contributed by atoms with van der Waals surface area (Å²) in [5.74, 6) is -0.0800. The molecule has 0 radical (unpaired) electrons. The van der Waals surface area contributed by atoms with Gasteiger partial charge in [0.25, 0.3) is 0 Å². The van der Waals surface area contributed by atoms with Crippen LogP contribution in [0.1, 0.15) is 12.5 Å². The molecule has 0 aliphatic carbocycles. The maximum atomic E-state index is 10.6. The zero-order valence-corrected chi connectivity index (χ0v) is 10.3. The summed E-state index contributed by atoms with van der Waals surface area (Å²) in [7, 11) is 1.63. The van der Waals surface area contributed by atoms with Gasteiger partial charge in [0.1, 0.15) is 5.75 Å². The van der Waals surface area contributed by atoms with E-state index in [1.807, 2.05) is 25.1 Å². The van der Waals surface area contributed by atoms with Crippen LogP contribution in [-0.2, 0) is 4.79 Å². The number of aryl methyl sites for hydroxylation is 1. The predicted molar refractivity (Wildman–Crippen MR) is 67.6 cm³/mol. The van der Waals surface area contributed by atoms with Crippen molar-refractivity contribution < 1.29 is 14.6 Å². The lowest BCUT2D eigenvalue weighted by Crippen LogP contribution is -2.04. The summed E-state index contributed by atoms with van der Waals surface area (Å²) < 4.78 is 5.11. The highest BCUT2D eigenvalue weighted by Crippen LogP contribution is 2.20. The van der Waals surface area contributed by atoms with Crippen LogP contribution in [-0.4, -0.2) is 24.7 Å². The molecule has 0 unspecified atom stereocenters. The summed E-state index contributed by atoms with van der Waals surface area (Å²) in [6, 6.07) is 5.71. The average Bonchev–Trinajstić information content (AvgIpc) is 2.30. The maximum absolute atomic E-state index is 10.6. The van der Waals surface area contributed by atoms with Crippen molar-refractivity contribution in [1.82, 2.24) is 0 Å². The minimum absolute atomic E-state index is 0.337. The Labute approximate surface area is 101 Å². The molecular weight excluding hydrogens is 218 g/mol. The van der Waals surface area contributed by atoms with Crippen LogP contribution < -0.4 is 10.1 Å². The topological polar surface area (TPSA) is 58.6 Å². The fourth-order valence-corrected chi connectivity index (χ4v) is 1.36. The quantitative estimate of drug-likeness (QED) is 0.770. The zero-order valence-electron chi connectivity index (χ0n) is 10.3. The smallest absolute Gasteiger partial charge is 0.331 e. The van der Waals surface area contributed by atoms with Gasteiger partial charge in [0.15, 0.2) is 0 Å². The highest BCUT2D eigenvalue weighted by Gasteiger charge is 2.00. The molecule has 0 bridgehead atoms. The Balaban J connectivity index is 2.64. The number of carboxylic acid groups (broad SMARTS) is 1. The summed E-state index contributed by atoms with van der Waals surface area (Å²) in [6.07, 6.45) is 1.64. The zero-order chi connectivity index (χ0) is 12.8. The van der Waals surface area contributed by atoms with Crippen molar-refractivity contribution in [1.29, 1.82) is 0 Å². The first-order valence-electron chi connectivity index (χ1n) is 5.33. The standard InChI is InChI=1S/C13H17NO3/c1-9(13(15)16)6-7-14-12-5-4-11(17-3)8-10(12)2/h4-6,8,14H,7H2,1-3H3,(H,15,16)/b9-6-. The van der Waals surface area contributed by atoms with Crippen molar-refractivity contribution in [2.24, 2.45) is 0 Å². The van der Waals surface area contributed by atoms with E-state index >= 15 is 0 Å². The van der Waals surface area contributed by atoms with Crippen molar-refractivity contribution in [3.05, 3.63) is 35.4 Å². The molecule has 1 aromatic carbocycles. The Kier molecular flexibility index (Phi) is 4.57. The molecule has 0 saturated heterocycles. The van der Waals surface area contributed by atoms with Crippen LogP contribution in [0.3, 0.4) is 0 Å². The number of carbonyl (C=O) groups is 1. The van der Waals surface area contributed by atoms with Gasteiger partial charge in [-0.2, -0.15) is 0 Å². The number of ether oxygens (including phenoxy) is 1. The van der Waals surface area contributed by atoms with E-state index in [1.54, 1.807) is 20.1 Å². The highest BCUT2D eigenvalue weighted by atomic mass is 16.5. The largest absolute Gasteiger partial charge is 0.497 e. The maximum Gasteiger partial charge on any atom is 0.331 e. The molecule has 0 fully saturated rings. The van der Waals surface area contributed by atoms with E-state index in [4.69, 9.17) is 9.84 Å². The van der Waals surface area contributed by atoms with Gasteiger partial charge in [-0.15, -0.1) is 0 Å². The second kappa shape index (κ2) is 5.94. The van der Waals surface area contributed by atoms with Crippen molar-refractivity contribution in [2.75, 3.05) is 19.0 Å². The Morgan fingerprint density at radius 1 is 1.53 bits per heavy atom. The first-order valence-corrected chi connectivity index (χ1v) is 5.33. The molecular formula is C13H17NO3. The molecule has 92 valence electrons. The van der Waals surface area contributed by atoms with E-state index in [-0.39, 0.29) is 0 Å². The summed E-state index contributed by atoms with van der Waals surface area (Å²) in [6.45, 7) is 4.04. The molecule has 0 aromatic heterocycles. The van der Waals surface area contributed by atoms with Gasteiger partial charge in [0, 0.05) is 17.8 Å². The normalized spacial score (nSPS) is 11.1. The molecule has 1 rings (SSSR count). The number of benzene rings is 1. The first-order chi connectivity index (χ1) is 8.04. The molecule has 0 saturated carbocycles. The molecule has 0 aliphatic rings. The molecule has 17 heavy (non-hydrogen) atoms. The van der Waals surface area contributed by atoms with Gasteiger partial charge in [-0.1, -0.05) is 6.08 Å². The summed E-state index contributed by atoms with van der Waals surface area (Å²) >= 11 is 0. The minimum atomic E-state index is -0.891. The van der Waals surface area contributed by atoms with Gasteiger partial charge in [-0.05, 0) is 37.6 Å². The van der Waals surface area contributed by atoms with E-state index in [1.165, 1.54) is 0 Å². The Morgan fingerprint density at radius 2 is 2.24 bits per heavy atom. The predicted octanol–water partition coefficient (Wildman–Crippen LogP) is 2.45. The second-order valence-corrected chi connectivity index (χ2v) is 3.75. The van der Waals surface area contributed by atoms with E-state index in [2.05, 4.69) is 5.32 Å². The third-order valence-corrected chi connectivity index (χ3v) is 2.47. The van der Waals surface area contributed by atoms with Gasteiger partial charge in [0.05, 0.1) is 7.11 Å². The number of rotatable bonds is 5. The number of hydrogen-bond donors (Lipinski definition) is 2. The number of hydrogen-bond acceptors (Lipinski definition) is 3. The van der Waals surface area contributed by atoms with Crippen molar-refractivity contribution >= 4 is 11.7 Å². The molecule has 4 heteroatoms. The summed E-state index contributed by atoms with van der Waals surface area (Å²) in [5.41, 5.74) is 2.37. The summed E-state index contributed by atoms with van der Waals surface area (Å²) in [5, 5.41) is 11.8. The lowest BCUT2D eigenvalue weighted by atomic mass is 10.2. The van der Waals surface area contributed by atoms with E-state index < -0.39 is 5.97 Å². The van der Waals surface area contributed by atoms with Crippen LogP contribution in [0.4, 0.5) is 5.69 Å². The van der Waals surface area contributed by atoms with Crippen LogP contribution in [0.25, 0.3) is 0 Å². The second-order valence-electron chi connectivity index (χ2n) is 3.75. The lowest BCUT2D eigenvalue weighted by molar-refractivity contribution is -0.132. The van der Waals surface area contributed by atoms with Gasteiger partial charge in [-0.3, -0.25) is 0 Å². The molecule has 4 nitrogen and oxygen atoms in total. The fourth-order valence-electron chi connectivity index (χ4n) is 1.36. The van der Waals surface area contributed by atoms with Gasteiger partial charge in [-0.25, -0.2) is 4.79 Å². The SMILES string of the molecule is COc1ccc(NC/C=C(/C)C(=O)O)c(C)c1. The third kappa shape index (κ3) is 3.83. The molecule has 0 heterocycles. The van der Waals surface area contributed by atoms with Crippen LogP contribution in [0.2, 0.25) is 0 Å². The van der Waals surface area contributed by atoms with Gasteiger partial charge in [0.2, 0.25) is 0 Å². The number of carboxylic acids is 1. The Morgan fingerprint density at radius 3 is 2.76 bits per heavy atom. The van der Waals surface area contributed by atoms with E-state index in [9.17, 15) is 4.79 Å². The minimum Gasteiger partial charge on any atom is -0.497 e. The van der Waals surface area contributed by atoms with Gasteiger partial charge < -0.3 is 15.2 Å². The molecule has 1 aromatic rings. The van der Waals surface area contributed by atoms with E-state index in [0.29, 0.717) is 12.1 Å². The summed E-state index contributed by atoms with van der Waals surface area (Å²) in [4.78, 5) is 10.6. The number of anilines is 1. The molecule has 0 spiro atoms. The molecule has 0 amide bonds. The number of aliphatic carboxylic acids is 1. The number of nitrogens with one attached hydrogen (secondary N) is 1. The van der Waals surface area contributed by atoms with Crippen LogP contribution in [0.5, 0.6) is 5.75 Å². The fraction of sp³-hybridized carbons (Fsp3) is 0.308. The van der Waals surface area contributed by atoms with Crippen LogP contribution in [0.15, 0.2) is 29.8 Å². The third-order valence-electron chi connectivity index (χ3n) is 2.47.